The maximum Gasteiger partial charge on any atom is 0.417 e. The highest BCUT2D eigenvalue weighted by Crippen LogP contribution is 2.32. The highest BCUT2D eigenvalue weighted by atomic mass is 32.2. The van der Waals surface area contributed by atoms with Crippen molar-refractivity contribution >= 4 is 23.3 Å². The lowest BCUT2D eigenvalue weighted by Gasteiger charge is -2.11. The van der Waals surface area contributed by atoms with Gasteiger partial charge in [-0.1, -0.05) is 23.9 Å². The van der Waals surface area contributed by atoms with Gasteiger partial charge in [-0.05, 0) is 55.3 Å². The first-order valence-electron chi connectivity index (χ1n) is 9.61. The molecule has 4 rings (SSSR count). The molecule has 6 nitrogen and oxygen atoms in total. The van der Waals surface area contributed by atoms with Crippen LogP contribution >= 0.6 is 11.8 Å². The minimum Gasteiger partial charge on any atom is -0.345 e. The Labute approximate surface area is 185 Å². The molecule has 164 valence electrons. The molecule has 3 heterocycles. The lowest BCUT2D eigenvalue weighted by Crippen LogP contribution is -2.25. The topological polar surface area (TPSA) is 72.2 Å². The number of benzene rings is 1. The van der Waals surface area contributed by atoms with E-state index in [1.165, 1.54) is 22.2 Å². The fraction of sp³-hybridized carbons (Fsp3) is 0.182. The van der Waals surface area contributed by atoms with Gasteiger partial charge < -0.3 is 5.32 Å². The van der Waals surface area contributed by atoms with Gasteiger partial charge in [0.25, 0.3) is 5.91 Å². The van der Waals surface area contributed by atoms with Gasteiger partial charge in [0.1, 0.15) is 5.03 Å². The molecule has 0 aliphatic rings. The van der Waals surface area contributed by atoms with Crippen LogP contribution in [0.1, 0.15) is 32.9 Å². The van der Waals surface area contributed by atoms with Gasteiger partial charge in [0.05, 0.1) is 17.7 Å². The first-order valence-corrected chi connectivity index (χ1v) is 10.4. The van der Waals surface area contributed by atoms with Crippen molar-refractivity contribution in [3.8, 4) is 0 Å². The molecule has 32 heavy (non-hydrogen) atoms. The number of carbonyl (C=O) groups is 1. The predicted octanol–water partition coefficient (Wildman–Crippen LogP) is 4.84. The Kier molecular flexibility index (Phi) is 5.88. The molecule has 0 atom stereocenters. The van der Waals surface area contributed by atoms with Crippen LogP contribution < -0.4 is 5.32 Å². The SMILES string of the molecule is Cc1ccc(C)c(Sc2ncccc2C(=O)NCc2nnc3ccc(C(F)(F)F)cn23)c1. The summed E-state index contributed by atoms with van der Waals surface area (Å²) in [6.45, 7) is 3.88. The Balaban J connectivity index is 1.55. The molecule has 0 saturated carbocycles. The Morgan fingerprint density at radius 2 is 1.94 bits per heavy atom. The van der Waals surface area contributed by atoms with E-state index in [1.54, 1.807) is 18.3 Å². The molecule has 3 aromatic heterocycles. The summed E-state index contributed by atoms with van der Waals surface area (Å²) >= 11 is 1.38. The van der Waals surface area contributed by atoms with Crippen molar-refractivity contribution in [2.24, 2.45) is 0 Å². The number of amides is 1. The summed E-state index contributed by atoms with van der Waals surface area (Å²) in [5.41, 5.74) is 1.96. The van der Waals surface area contributed by atoms with E-state index in [-0.39, 0.29) is 18.0 Å². The zero-order valence-electron chi connectivity index (χ0n) is 17.1. The molecular formula is C22H18F3N5OS. The zero-order chi connectivity index (χ0) is 22.9. The average Bonchev–Trinajstić information content (AvgIpc) is 3.17. The fourth-order valence-corrected chi connectivity index (χ4v) is 4.11. The second-order valence-electron chi connectivity index (χ2n) is 7.17. The number of halogens is 3. The van der Waals surface area contributed by atoms with E-state index in [0.29, 0.717) is 10.6 Å². The quantitative estimate of drug-likeness (QED) is 0.464. The van der Waals surface area contributed by atoms with Gasteiger partial charge in [-0.25, -0.2) is 4.98 Å². The first-order chi connectivity index (χ1) is 15.2. The Hall–Kier alpha value is -3.40. The van der Waals surface area contributed by atoms with Crippen LogP contribution in [0.15, 0.2) is 64.8 Å². The molecular weight excluding hydrogens is 439 g/mol. The zero-order valence-corrected chi connectivity index (χ0v) is 18.0. The number of aromatic nitrogens is 4. The van der Waals surface area contributed by atoms with E-state index in [1.807, 2.05) is 32.0 Å². The molecule has 4 aromatic rings. The van der Waals surface area contributed by atoms with E-state index >= 15 is 0 Å². The summed E-state index contributed by atoms with van der Waals surface area (Å²) in [6, 6.07) is 11.5. The lowest BCUT2D eigenvalue weighted by atomic mass is 10.2. The van der Waals surface area contributed by atoms with Gasteiger partial charge >= 0.3 is 6.18 Å². The summed E-state index contributed by atoms with van der Waals surface area (Å²) in [5, 5.41) is 11.0. The summed E-state index contributed by atoms with van der Waals surface area (Å²) < 4.78 is 40.3. The van der Waals surface area contributed by atoms with Crippen molar-refractivity contribution in [2.75, 3.05) is 0 Å². The molecule has 0 unspecified atom stereocenters. The third kappa shape index (κ3) is 4.59. The second-order valence-corrected chi connectivity index (χ2v) is 8.20. The molecule has 1 amide bonds. The molecule has 0 fully saturated rings. The van der Waals surface area contributed by atoms with Gasteiger partial charge in [0.15, 0.2) is 11.5 Å². The number of pyridine rings is 2. The highest BCUT2D eigenvalue weighted by molar-refractivity contribution is 7.99. The third-order valence-electron chi connectivity index (χ3n) is 4.77. The van der Waals surface area contributed by atoms with Gasteiger partial charge in [0, 0.05) is 17.3 Å². The van der Waals surface area contributed by atoms with Gasteiger partial charge in [0.2, 0.25) is 0 Å². The van der Waals surface area contributed by atoms with Crippen LogP contribution in [0.3, 0.4) is 0 Å². The summed E-state index contributed by atoms with van der Waals surface area (Å²) in [7, 11) is 0. The highest BCUT2D eigenvalue weighted by Gasteiger charge is 2.31. The number of fused-ring (bicyclic) bond motifs is 1. The first kappa shape index (κ1) is 21.8. The minimum atomic E-state index is -4.49. The van der Waals surface area contributed by atoms with Crippen LogP contribution in [0.4, 0.5) is 13.2 Å². The number of nitrogens with one attached hydrogen (secondary N) is 1. The number of carbonyl (C=O) groups excluding carboxylic acids is 1. The molecule has 1 N–H and O–H groups in total. The summed E-state index contributed by atoms with van der Waals surface area (Å²) in [6.07, 6.45) is -1.97. The molecule has 1 aromatic carbocycles. The van der Waals surface area contributed by atoms with Gasteiger partial charge in [-0.3, -0.25) is 9.20 Å². The molecule has 0 spiro atoms. The lowest BCUT2D eigenvalue weighted by molar-refractivity contribution is -0.137. The van der Waals surface area contributed by atoms with Crippen LogP contribution in [0.25, 0.3) is 5.65 Å². The van der Waals surface area contributed by atoms with E-state index in [0.717, 1.165) is 28.3 Å². The molecule has 0 saturated heterocycles. The van der Waals surface area contributed by atoms with Crippen LogP contribution in [0.5, 0.6) is 0 Å². The smallest absolute Gasteiger partial charge is 0.345 e. The van der Waals surface area contributed by atoms with Crippen molar-refractivity contribution in [2.45, 2.75) is 36.5 Å². The maximum absolute atomic E-state index is 13.0. The molecule has 0 aliphatic heterocycles. The third-order valence-corrected chi connectivity index (χ3v) is 5.95. The van der Waals surface area contributed by atoms with E-state index in [2.05, 4.69) is 20.5 Å². The molecule has 10 heteroatoms. The van der Waals surface area contributed by atoms with Crippen LogP contribution in [-0.4, -0.2) is 25.5 Å². The number of alkyl halides is 3. The van der Waals surface area contributed by atoms with Crippen molar-refractivity contribution in [3.05, 3.63) is 82.9 Å². The van der Waals surface area contributed by atoms with Crippen molar-refractivity contribution in [1.29, 1.82) is 0 Å². The van der Waals surface area contributed by atoms with Gasteiger partial charge in [-0.15, -0.1) is 10.2 Å². The van der Waals surface area contributed by atoms with E-state index in [9.17, 15) is 18.0 Å². The normalized spacial score (nSPS) is 11.7. The average molecular weight is 457 g/mol. The molecule has 0 bridgehead atoms. The Morgan fingerprint density at radius 3 is 2.72 bits per heavy atom. The summed E-state index contributed by atoms with van der Waals surface area (Å²) in [4.78, 5) is 18.2. The Bertz CT molecular complexity index is 1300. The summed E-state index contributed by atoms with van der Waals surface area (Å²) in [5.74, 6) is -0.221. The predicted molar refractivity (Wildman–Crippen MR) is 113 cm³/mol. The number of aryl methyl sites for hydroxylation is 2. The van der Waals surface area contributed by atoms with Crippen LogP contribution in [0.2, 0.25) is 0 Å². The monoisotopic (exact) mass is 457 g/mol. The van der Waals surface area contributed by atoms with Crippen LogP contribution in [0, 0.1) is 13.8 Å². The number of nitrogens with zero attached hydrogens (tertiary/aromatic N) is 4. The fourth-order valence-electron chi connectivity index (χ4n) is 3.05. The van der Waals surface area contributed by atoms with Crippen molar-refractivity contribution < 1.29 is 18.0 Å². The standard InChI is InChI=1S/C22H18F3N5OS/c1-13-5-6-14(2)17(10-13)32-21-16(4-3-9-26-21)20(31)27-11-19-29-28-18-8-7-15(12-30(18)19)22(23,24)25/h3-10,12H,11H2,1-2H3,(H,27,31). The second kappa shape index (κ2) is 8.62. The molecule has 0 radical (unpaired) electrons. The minimum absolute atomic E-state index is 0.0935. The van der Waals surface area contributed by atoms with Crippen LogP contribution in [-0.2, 0) is 12.7 Å². The number of hydrogen-bond donors (Lipinski definition) is 1. The molecule has 0 aliphatic carbocycles. The maximum atomic E-state index is 13.0. The van der Waals surface area contributed by atoms with Crippen molar-refractivity contribution in [1.82, 2.24) is 24.9 Å². The van der Waals surface area contributed by atoms with Crippen molar-refractivity contribution in [3.63, 3.8) is 0 Å². The largest absolute Gasteiger partial charge is 0.417 e. The number of hydrogen-bond acceptors (Lipinski definition) is 5. The van der Waals surface area contributed by atoms with E-state index < -0.39 is 17.6 Å². The number of rotatable bonds is 5. The van der Waals surface area contributed by atoms with Gasteiger partial charge in [-0.2, -0.15) is 13.2 Å². The Morgan fingerprint density at radius 1 is 1.12 bits per heavy atom. The van der Waals surface area contributed by atoms with E-state index in [4.69, 9.17) is 0 Å².